The van der Waals surface area contributed by atoms with Crippen molar-refractivity contribution in [3.05, 3.63) is 18.5 Å². The summed E-state index contributed by atoms with van der Waals surface area (Å²) >= 11 is 0. The van der Waals surface area contributed by atoms with Gasteiger partial charge in [0.05, 0.1) is 13.3 Å². The first-order valence-electron chi connectivity index (χ1n) is 8.86. The van der Waals surface area contributed by atoms with Gasteiger partial charge in [0.2, 0.25) is 11.8 Å². The molecular weight excluding hydrogens is 334 g/mol. The fraction of sp³-hybridized carbons (Fsp3) is 0.588. The Labute approximate surface area is 152 Å². The average Bonchev–Trinajstić information content (AvgIpc) is 3.10. The summed E-state index contributed by atoms with van der Waals surface area (Å²) in [7, 11) is 1.54. The van der Waals surface area contributed by atoms with Gasteiger partial charge in [-0.05, 0) is 26.7 Å². The molecule has 0 bridgehead atoms. The molecule has 0 spiro atoms. The van der Waals surface area contributed by atoms with Gasteiger partial charge < -0.3 is 15.0 Å². The Morgan fingerprint density at radius 2 is 2.15 bits per heavy atom. The number of carbonyl (C=O) groups is 1. The number of ether oxygens (including phenoxy) is 1. The molecular formula is C17H25N7O2. The van der Waals surface area contributed by atoms with E-state index in [2.05, 4.69) is 44.3 Å². The molecule has 1 amide bonds. The van der Waals surface area contributed by atoms with Gasteiger partial charge >= 0.3 is 0 Å². The molecule has 140 valence electrons. The van der Waals surface area contributed by atoms with Crippen LogP contribution in [0.3, 0.4) is 0 Å². The van der Waals surface area contributed by atoms with E-state index in [-0.39, 0.29) is 18.5 Å². The molecule has 0 unspecified atom stereocenters. The Hall–Kier alpha value is -2.55. The molecule has 2 aromatic rings. The van der Waals surface area contributed by atoms with Crippen LogP contribution in [0.4, 0.5) is 0 Å². The predicted molar refractivity (Wildman–Crippen MR) is 95.5 cm³/mol. The summed E-state index contributed by atoms with van der Waals surface area (Å²) in [5.74, 6) is 0.808. The molecule has 0 aliphatic carbocycles. The van der Waals surface area contributed by atoms with E-state index in [1.54, 1.807) is 25.6 Å². The summed E-state index contributed by atoms with van der Waals surface area (Å²) in [4.78, 5) is 23.1. The monoisotopic (exact) mass is 359 g/mol. The highest BCUT2D eigenvalue weighted by atomic mass is 16.5. The zero-order chi connectivity index (χ0) is 18.5. The van der Waals surface area contributed by atoms with E-state index in [1.807, 2.05) is 0 Å². The van der Waals surface area contributed by atoms with Crippen LogP contribution in [0.25, 0.3) is 11.5 Å². The van der Waals surface area contributed by atoms with Crippen molar-refractivity contribution < 1.29 is 9.53 Å². The molecule has 9 nitrogen and oxygen atoms in total. The lowest BCUT2D eigenvalue weighted by Gasteiger charge is -2.34. The maximum Gasteiger partial charge on any atom is 0.242 e. The minimum absolute atomic E-state index is 0.0593. The molecule has 1 aliphatic heterocycles. The standard InChI is InChI=1S/C17H25N7O2/c1-12(2)23-8-5-13(6-9-23)19-15(25)11-24-10-14(21-22-24)17-18-7-4-16(20-17)26-3/h4,7,10,12-13H,5-6,8-9,11H2,1-3H3,(H,19,25). The zero-order valence-corrected chi connectivity index (χ0v) is 15.4. The summed E-state index contributed by atoms with van der Waals surface area (Å²) in [6.07, 6.45) is 5.21. The first kappa shape index (κ1) is 18.2. The lowest BCUT2D eigenvalue weighted by molar-refractivity contribution is -0.122. The van der Waals surface area contributed by atoms with Crippen LogP contribution in [0.2, 0.25) is 0 Å². The Bertz CT molecular complexity index is 738. The molecule has 26 heavy (non-hydrogen) atoms. The number of amides is 1. The number of likely N-dealkylation sites (tertiary alicyclic amines) is 1. The molecule has 1 saturated heterocycles. The van der Waals surface area contributed by atoms with Crippen LogP contribution >= 0.6 is 0 Å². The number of carbonyl (C=O) groups excluding carboxylic acids is 1. The van der Waals surface area contributed by atoms with Crippen molar-refractivity contribution in [2.45, 2.75) is 45.3 Å². The highest BCUT2D eigenvalue weighted by Crippen LogP contribution is 2.14. The number of nitrogens with zero attached hydrogens (tertiary/aromatic N) is 6. The molecule has 3 rings (SSSR count). The largest absolute Gasteiger partial charge is 0.481 e. The Morgan fingerprint density at radius 3 is 2.85 bits per heavy atom. The van der Waals surface area contributed by atoms with Gasteiger partial charge in [0.1, 0.15) is 12.2 Å². The second-order valence-corrected chi connectivity index (χ2v) is 6.70. The van der Waals surface area contributed by atoms with Crippen molar-refractivity contribution in [3.63, 3.8) is 0 Å². The fourth-order valence-electron chi connectivity index (χ4n) is 3.04. The first-order valence-corrected chi connectivity index (χ1v) is 8.86. The van der Waals surface area contributed by atoms with Crippen molar-refractivity contribution in [1.29, 1.82) is 0 Å². The third kappa shape index (κ3) is 4.54. The molecule has 9 heteroatoms. The average molecular weight is 359 g/mol. The Morgan fingerprint density at radius 1 is 1.38 bits per heavy atom. The van der Waals surface area contributed by atoms with Gasteiger partial charge in [-0.1, -0.05) is 5.21 Å². The van der Waals surface area contributed by atoms with Gasteiger partial charge in [-0.2, -0.15) is 4.98 Å². The van der Waals surface area contributed by atoms with E-state index in [1.165, 1.54) is 4.68 Å². The predicted octanol–water partition coefficient (Wildman–Crippen LogP) is 0.733. The van der Waals surface area contributed by atoms with E-state index in [0.717, 1.165) is 25.9 Å². The van der Waals surface area contributed by atoms with Gasteiger partial charge in [0, 0.05) is 37.4 Å². The number of nitrogens with one attached hydrogen (secondary N) is 1. The maximum absolute atomic E-state index is 12.3. The van der Waals surface area contributed by atoms with Crippen molar-refractivity contribution in [3.8, 4) is 17.4 Å². The fourth-order valence-corrected chi connectivity index (χ4v) is 3.04. The van der Waals surface area contributed by atoms with Gasteiger partial charge in [0.25, 0.3) is 0 Å². The molecule has 3 heterocycles. The van der Waals surface area contributed by atoms with E-state index >= 15 is 0 Å². The zero-order valence-electron chi connectivity index (χ0n) is 15.4. The molecule has 0 aromatic carbocycles. The highest BCUT2D eigenvalue weighted by molar-refractivity contribution is 5.76. The van der Waals surface area contributed by atoms with E-state index in [0.29, 0.717) is 23.4 Å². The van der Waals surface area contributed by atoms with Gasteiger partial charge in [-0.25, -0.2) is 9.67 Å². The summed E-state index contributed by atoms with van der Waals surface area (Å²) in [6.45, 7) is 6.56. The summed E-state index contributed by atoms with van der Waals surface area (Å²) in [6, 6.07) is 2.44. The van der Waals surface area contributed by atoms with Crippen LogP contribution in [0.5, 0.6) is 5.88 Å². The summed E-state index contributed by atoms with van der Waals surface area (Å²) in [5, 5.41) is 11.1. The van der Waals surface area contributed by atoms with E-state index in [9.17, 15) is 4.79 Å². The second-order valence-electron chi connectivity index (χ2n) is 6.70. The van der Waals surface area contributed by atoms with Crippen LogP contribution < -0.4 is 10.1 Å². The Balaban J connectivity index is 1.53. The third-order valence-electron chi connectivity index (χ3n) is 4.54. The van der Waals surface area contributed by atoms with Crippen molar-refractivity contribution in [1.82, 2.24) is 35.2 Å². The van der Waals surface area contributed by atoms with Crippen LogP contribution in [0, 0.1) is 0 Å². The minimum Gasteiger partial charge on any atom is -0.481 e. The number of aromatic nitrogens is 5. The number of hydrogen-bond donors (Lipinski definition) is 1. The highest BCUT2D eigenvalue weighted by Gasteiger charge is 2.22. The number of hydrogen-bond acceptors (Lipinski definition) is 7. The topological polar surface area (TPSA) is 98.1 Å². The summed E-state index contributed by atoms with van der Waals surface area (Å²) in [5.41, 5.74) is 0.502. The van der Waals surface area contributed by atoms with Crippen LogP contribution in [-0.4, -0.2) is 68.1 Å². The second kappa shape index (κ2) is 8.22. The third-order valence-corrected chi connectivity index (χ3v) is 4.54. The molecule has 1 fully saturated rings. The number of rotatable bonds is 6. The van der Waals surface area contributed by atoms with Crippen molar-refractivity contribution >= 4 is 5.91 Å². The smallest absolute Gasteiger partial charge is 0.242 e. The number of methoxy groups -OCH3 is 1. The van der Waals surface area contributed by atoms with Crippen LogP contribution in [0.15, 0.2) is 18.5 Å². The Kier molecular flexibility index (Phi) is 5.77. The van der Waals surface area contributed by atoms with Crippen LogP contribution in [-0.2, 0) is 11.3 Å². The van der Waals surface area contributed by atoms with Crippen LogP contribution in [0.1, 0.15) is 26.7 Å². The number of piperidine rings is 1. The molecule has 0 saturated carbocycles. The lowest BCUT2D eigenvalue weighted by atomic mass is 10.0. The molecule has 1 N–H and O–H groups in total. The molecule has 1 aliphatic rings. The van der Waals surface area contributed by atoms with E-state index in [4.69, 9.17) is 4.74 Å². The quantitative estimate of drug-likeness (QED) is 0.812. The van der Waals surface area contributed by atoms with Gasteiger partial charge in [0.15, 0.2) is 5.82 Å². The lowest BCUT2D eigenvalue weighted by Crippen LogP contribution is -2.47. The van der Waals surface area contributed by atoms with Crippen molar-refractivity contribution in [2.24, 2.45) is 0 Å². The van der Waals surface area contributed by atoms with Crippen molar-refractivity contribution in [2.75, 3.05) is 20.2 Å². The summed E-state index contributed by atoms with van der Waals surface area (Å²) < 4.78 is 6.58. The molecule has 0 radical (unpaired) electrons. The van der Waals surface area contributed by atoms with Gasteiger partial charge in [-0.3, -0.25) is 4.79 Å². The van der Waals surface area contributed by atoms with Gasteiger partial charge in [-0.15, -0.1) is 5.10 Å². The van der Waals surface area contributed by atoms with E-state index < -0.39 is 0 Å². The maximum atomic E-state index is 12.3. The minimum atomic E-state index is -0.0593. The SMILES string of the molecule is COc1ccnc(-c2cn(CC(=O)NC3CCN(C(C)C)CC3)nn2)n1. The molecule has 2 aromatic heterocycles. The molecule has 0 atom stereocenters. The first-order chi connectivity index (χ1) is 12.5. The normalized spacial score (nSPS) is 16.0.